The van der Waals surface area contributed by atoms with Crippen molar-refractivity contribution in [2.24, 2.45) is 0 Å². The van der Waals surface area contributed by atoms with Crippen molar-refractivity contribution in [1.82, 2.24) is 15.2 Å². The summed E-state index contributed by atoms with van der Waals surface area (Å²) in [6.45, 7) is 5.84. The molecule has 0 radical (unpaired) electrons. The maximum absolute atomic E-state index is 11.8. The molecule has 2 aromatic heterocycles. The number of amides is 1. The molecule has 1 saturated heterocycles. The van der Waals surface area contributed by atoms with Crippen molar-refractivity contribution in [2.45, 2.75) is 12.8 Å². The second-order valence-electron chi connectivity index (χ2n) is 6.09. The quantitative estimate of drug-likeness (QED) is 0.594. The first-order chi connectivity index (χ1) is 12.2. The molecule has 0 bridgehead atoms. The Kier molecular flexibility index (Phi) is 6.67. The summed E-state index contributed by atoms with van der Waals surface area (Å²) in [6, 6.07) is 9.52. The van der Waals surface area contributed by atoms with Gasteiger partial charge in [0.25, 0.3) is 5.91 Å². The van der Waals surface area contributed by atoms with Gasteiger partial charge in [0, 0.05) is 32.7 Å². The lowest BCUT2D eigenvalue weighted by Crippen LogP contribution is -2.47. The molecule has 1 aliphatic rings. The maximum Gasteiger partial charge on any atom is 0.261 e. The van der Waals surface area contributed by atoms with Crippen LogP contribution >= 0.6 is 22.9 Å². The highest BCUT2D eigenvalue weighted by molar-refractivity contribution is 7.12. The van der Waals surface area contributed by atoms with E-state index in [-0.39, 0.29) is 5.91 Å². The third-order valence-corrected chi connectivity index (χ3v) is 5.41. The van der Waals surface area contributed by atoms with Crippen LogP contribution in [0.5, 0.6) is 0 Å². The lowest BCUT2D eigenvalue weighted by Gasteiger charge is -2.35. The summed E-state index contributed by atoms with van der Waals surface area (Å²) in [5, 5.41) is 5.45. The van der Waals surface area contributed by atoms with Gasteiger partial charge < -0.3 is 10.2 Å². The van der Waals surface area contributed by atoms with Crippen molar-refractivity contribution >= 4 is 34.7 Å². The molecule has 0 aliphatic carbocycles. The zero-order valence-electron chi connectivity index (χ0n) is 14.2. The van der Waals surface area contributed by atoms with Gasteiger partial charge in [-0.1, -0.05) is 23.7 Å². The van der Waals surface area contributed by atoms with Crippen LogP contribution in [-0.2, 0) is 0 Å². The molecule has 3 heterocycles. The first kappa shape index (κ1) is 18.2. The van der Waals surface area contributed by atoms with E-state index in [1.807, 2.05) is 29.6 Å². The SMILES string of the molecule is O=C(NCCCCN1CCN(c2cccc(Cl)n2)CC1)c1cccs1. The number of nitrogens with zero attached hydrogens (tertiary/aromatic N) is 3. The van der Waals surface area contributed by atoms with Crippen molar-refractivity contribution < 1.29 is 4.79 Å². The predicted molar refractivity (Wildman–Crippen MR) is 104 cm³/mol. The van der Waals surface area contributed by atoms with Gasteiger partial charge >= 0.3 is 0 Å². The minimum absolute atomic E-state index is 0.0395. The number of unbranched alkanes of at least 4 members (excludes halogenated alkanes) is 1. The zero-order valence-corrected chi connectivity index (χ0v) is 15.7. The van der Waals surface area contributed by atoms with E-state index in [0.717, 1.165) is 62.8 Å². The highest BCUT2D eigenvalue weighted by atomic mass is 35.5. The lowest BCUT2D eigenvalue weighted by molar-refractivity contribution is 0.0956. The molecule has 0 spiro atoms. The third kappa shape index (κ3) is 5.42. The maximum atomic E-state index is 11.8. The Morgan fingerprint density at radius 2 is 2.00 bits per heavy atom. The number of thiophene rings is 1. The molecule has 0 atom stereocenters. The number of hydrogen-bond acceptors (Lipinski definition) is 5. The molecule has 0 unspecified atom stereocenters. The van der Waals surface area contributed by atoms with Crippen LogP contribution in [0.4, 0.5) is 5.82 Å². The van der Waals surface area contributed by atoms with E-state index in [9.17, 15) is 4.79 Å². The van der Waals surface area contributed by atoms with Gasteiger partial charge in [-0.25, -0.2) is 4.98 Å². The van der Waals surface area contributed by atoms with Crippen LogP contribution in [0, 0.1) is 0 Å². The molecule has 25 heavy (non-hydrogen) atoms. The third-order valence-electron chi connectivity index (χ3n) is 4.33. The summed E-state index contributed by atoms with van der Waals surface area (Å²) in [5.41, 5.74) is 0. The molecule has 5 nitrogen and oxygen atoms in total. The summed E-state index contributed by atoms with van der Waals surface area (Å²) >= 11 is 7.45. The lowest BCUT2D eigenvalue weighted by atomic mass is 10.2. The molecule has 1 fully saturated rings. The van der Waals surface area contributed by atoms with Crippen molar-refractivity contribution in [3.63, 3.8) is 0 Å². The van der Waals surface area contributed by atoms with Crippen LogP contribution in [0.3, 0.4) is 0 Å². The Hall–Kier alpha value is -1.63. The first-order valence-electron chi connectivity index (χ1n) is 8.64. The first-order valence-corrected chi connectivity index (χ1v) is 9.90. The number of anilines is 1. The molecule has 1 N–H and O–H groups in total. The van der Waals surface area contributed by atoms with Crippen LogP contribution in [0.1, 0.15) is 22.5 Å². The topological polar surface area (TPSA) is 48.5 Å². The van der Waals surface area contributed by atoms with E-state index in [2.05, 4.69) is 20.1 Å². The minimum atomic E-state index is 0.0395. The van der Waals surface area contributed by atoms with Gasteiger partial charge in [-0.15, -0.1) is 11.3 Å². The normalized spacial score (nSPS) is 15.3. The summed E-state index contributed by atoms with van der Waals surface area (Å²) in [7, 11) is 0. The van der Waals surface area contributed by atoms with Gasteiger partial charge in [-0.05, 0) is 43.0 Å². The Labute approximate surface area is 157 Å². The fourth-order valence-corrected chi connectivity index (χ4v) is 3.73. The monoisotopic (exact) mass is 378 g/mol. The Morgan fingerprint density at radius 3 is 2.72 bits per heavy atom. The molecule has 3 rings (SSSR count). The van der Waals surface area contributed by atoms with E-state index >= 15 is 0 Å². The molecular weight excluding hydrogens is 356 g/mol. The van der Waals surface area contributed by atoms with Gasteiger partial charge in [-0.3, -0.25) is 9.69 Å². The van der Waals surface area contributed by atoms with E-state index < -0.39 is 0 Å². The zero-order chi connectivity index (χ0) is 17.5. The van der Waals surface area contributed by atoms with Crippen LogP contribution in [0.2, 0.25) is 5.15 Å². The summed E-state index contributed by atoms with van der Waals surface area (Å²) in [6.07, 6.45) is 2.10. The molecule has 7 heteroatoms. The molecule has 2 aromatic rings. The number of hydrogen-bond donors (Lipinski definition) is 1. The van der Waals surface area contributed by atoms with Gasteiger partial charge in [0.05, 0.1) is 4.88 Å². The number of carbonyl (C=O) groups excluding carboxylic acids is 1. The van der Waals surface area contributed by atoms with E-state index in [1.165, 1.54) is 11.3 Å². The number of piperazine rings is 1. The summed E-state index contributed by atoms with van der Waals surface area (Å²) in [4.78, 5) is 21.8. The fraction of sp³-hybridized carbons (Fsp3) is 0.444. The number of rotatable bonds is 7. The van der Waals surface area contributed by atoms with E-state index in [0.29, 0.717) is 5.15 Å². The highest BCUT2D eigenvalue weighted by Crippen LogP contribution is 2.16. The van der Waals surface area contributed by atoms with Crippen molar-refractivity contribution in [3.8, 4) is 0 Å². The van der Waals surface area contributed by atoms with Crippen molar-refractivity contribution in [1.29, 1.82) is 0 Å². The Balaban J connectivity index is 1.30. The largest absolute Gasteiger partial charge is 0.354 e. The minimum Gasteiger partial charge on any atom is -0.354 e. The standard InChI is InChI=1S/C18H23ClN4OS/c19-16-6-3-7-17(21-16)23-12-10-22(11-13-23)9-2-1-8-20-18(24)15-5-4-14-25-15/h3-7,14H,1-2,8-13H2,(H,20,24). The van der Waals surface area contributed by atoms with Gasteiger partial charge in [-0.2, -0.15) is 0 Å². The average Bonchev–Trinajstić information content (AvgIpc) is 3.17. The van der Waals surface area contributed by atoms with Crippen LogP contribution in [0.25, 0.3) is 0 Å². The highest BCUT2D eigenvalue weighted by Gasteiger charge is 2.17. The molecule has 0 aromatic carbocycles. The van der Waals surface area contributed by atoms with E-state index in [4.69, 9.17) is 11.6 Å². The summed E-state index contributed by atoms with van der Waals surface area (Å²) in [5.74, 6) is 1.00. The van der Waals surface area contributed by atoms with Gasteiger partial charge in [0.15, 0.2) is 0 Å². The number of aromatic nitrogens is 1. The van der Waals surface area contributed by atoms with Crippen LogP contribution in [-0.4, -0.2) is 55.1 Å². The summed E-state index contributed by atoms with van der Waals surface area (Å²) < 4.78 is 0. The smallest absolute Gasteiger partial charge is 0.261 e. The molecule has 0 saturated carbocycles. The van der Waals surface area contributed by atoms with Gasteiger partial charge in [0.1, 0.15) is 11.0 Å². The number of carbonyl (C=O) groups is 1. The predicted octanol–water partition coefficient (Wildman–Crippen LogP) is 3.13. The molecule has 1 amide bonds. The fourth-order valence-electron chi connectivity index (χ4n) is 2.93. The van der Waals surface area contributed by atoms with E-state index in [1.54, 1.807) is 6.07 Å². The molecule has 1 aliphatic heterocycles. The molecular formula is C18H23ClN4OS. The van der Waals surface area contributed by atoms with Crippen molar-refractivity contribution in [3.05, 3.63) is 45.7 Å². The molecule has 134 valence electrons. The Morgan fingerprint density at radius 1 is 1.16 bits per heavy atom. The second-order valence-corrected chi connectivity index (χ2v) is 7.42. The average molecular weight is 379 g/mol. The number of nitrogens with one attached hydrogen (secondary N) is 1. The van der Waals surface area contributed by atoms with Crippen LogP contribution in [0.15, 0.2) is 35.7 Å². The number of pyridine rings is 1. The van der Waals surface area contributed by atoms with Crippen molar-refractivity contribution in [2.75, 3.05) is 44.2 Å². The Bertz CT molecular complexity index is 671. The number of halogens is 1. The second kappa shape index (κ2) is 9.17. The van der Waals surface area contributed by atoms with Gasteiger partial charge in [0.2, 0.25) is 0 Å². The van der Waals surface area contributed by atoms with Crippen LogP contribution < -0.4 is 10.2 Å².